The molecule has 4 rings (SSSR count). The minimum Gasteiger partial charge on any atom is -0.378 e. The monoisotopic (exact) mass is 332 g/mol. The zero-order valence-electron chi connectivity index (χ0n) is 14.9. The summed E-state index contributed by atoms with van der Waals surface area (Å²) in [6.07, 6.45) is 0. The van der Waals surface area contributed by atoms with Crippen LogP contribution in [-0.2, 0) is 4.74 Å². The molecule has 3 nitrogen and oxygen atoms in total. The third kappa shape index (κ3) is 3.08. The van der Waals surface area contributed by atoms with E-state index in [9.17, 15) is 0 Å². The van der Waals surface area contributed by atoms with Crippen LogP contribution in [0.3, 0.4) is 0 Å². The normalized spacial score (nSPS) is 14.7. The lowest BCUT2D eigenvalue weighted by Crippen LogP contribution is -2.36. The van der Waals surface area contributed by atoms with Crippen molar-refractivity contribution in [3.63, 3.8) is 0 Å². The average molecular weight is 332 g/mol. The zero-order valence-corrected chi connectivity index (χ0v) is 14.9. The molecule has 3 aromatic rings. The van der Waals surface area contributed by atoms with E-state index in [2.05, 4.69) is 84.6 Å². The van der Waals surface area contributed by atoms with Gasteiger partial charge in [0.05, 0.1) is 13.2 Å². The highest BCUT2D eigenvalue weighted by Crippen LogP contribution is 2.37. The fourth-order valence-electron chi connectivity index (χ4n) is 3.60. The summed E-state index contributed by atoms with van der Waals surface area (Å²) in [6, 6.07) is 22.0. The molecule has 0 aliphatic carbocycles. The topological polar surface area (TPSA) is 15.7 Å². The van der Waals surface area contributed by atoms with Crippen molar-refractivity contribution in [2.45, 2.75) is 0 Å². The van der Waals surface area contributed by atoms with E-state index in [0.29, 0.717) is 0 Å². The van der Waals surface area contributed by atoms with Crippen molar-refractivity contribution < 1.29 is 4.74 Å². The molecule has 0 unspecified atom stereocenters. The van der Waals surface area contributed by atoms with Gasteiger partial charge in [-0.15, -0.1) is 0 Å². The van der Waals surface area contributed by atoms with E-state index in [1.54, 1.807) is 0 Å². The predicted octanol–water partition coefficient (Wildman–Crippen LogP) is 4.41. The predicted molar refractivity (Wildman–Crippen MR) is 107 cm³/mol. The van der Waals surface area contributed by atoms with Crippen LogP contribution in [0.15, 0.2) is 60.7 Å². The van der Waals surface area contributed by atoms with E-state index < -0.39 is 0 Å². The summed E-state index contributed by atoms with van der Waals surface area (Å²) in [5, 5.41) is 2.58. The number of morpholine rings is 1. The van der Waals surface area contributed by atoms with Crippen molar-refractivity contribution >= 4 is 22.1 Å². The molecule has 0 spiro atoms. The molecule has 0 amide bonds. The van der Waals surface area contributed by atoms with Crippen molar-refractivity contribution in [3.05, 3.63) is 60.7 Å². The number of anilines is 2. The second kappa shape index (κ2) is 6.77. The molecule has 1 saturated heterocycles. The van der Waals surface area contributed by atoms with Crippen LogP contribution in [0.5, 0.6) is 0 Å². The molecule has 1 aliphatic rings. The number of hydrogen-bond acceptors (Lipinski definition) is 3. The Bertz CT molecular complexity index is 865. The molecule has 128 valence electrons. The summed E-state index contributed by atoms with van der Waals surface area (Å²) in [7, 11) is 4.21. The zero-order chi connectivity index (χ0) is 17.2. The summed E-state index contributed by atoms with van der Waals surface area (Å²) >= 11 is 0. The van der Waals surface area contributed by atoms with Crippen LogP contribution in [0.2, 0.25) is 0 Å². The maximum absolute atomic E-state index is 5.46. The maximum atomic E-state index is 5.46. The van der Waals surface area contributed by atoms with Gasteiger partial charge in [0.1, 0.15) is 0 Å². The van der Waals surface area contributed by atoms with Crippen LogP contribution < -0.4 is 9.80 Å². The van der Waals surface area contributed by atoms with Gasteiger partial charge in [-0.3, -0.25) is 0 Å². The molecule has 25 heavy (non-hydrogen) atoms. The van der Waals surface area contributed by atoms with Crippen LogP contribution >= 0.6 is 0 Å². The second-order valence-corrected chi connectivity index (χ2v) is 6.72. The minimum absolute atomic E-state index is 0.815. The molecule has 0 N–H and O–H groups in total. The highest BCUT2D eigenvalue weighted by atomic mass is 16.5. The largest absolute Gasteiger partial charge is 0.378 e. The van der Waals surface area contributed by atoms with Crippen LogP contribution in [-0.4, -0.2) is 40.4 Å². The molecule has 1 fully saturated rings. The van der Waals surface area contributed by atoms with Gasteiger partial charge in [-0.2, -0.15) is 0 Å². The molecule has 0 bridgehead atoms. The SMILES string of the molecule is CN(C)c1ccc2ccccc2c1-c1ccc(N2CCOCC2)cc1. The first-order chi connectivity index (χ1) is 12.2. The third-order valence-corrected chi connectivity index (χ3v) is 4.92. The molecule has 1 heterocycles. The van der Waals surface area contributed by atoms with E-state index in [4.69, 9.17) is 4.74 Å². The van der Waals surface area contributed by atoms with Gasteiger partial charge in [0.25, 0.3) is 0 Å². The fourth-order valence-corrected chi connectivity index (χ4v) is 3.60. The fraction of sp³-hybridized carbons (Fsp3) is 0.273. The first kappa shape index (κ1) is 16.0. The number of nitrogens with zero attached hydrogens (tertiary/aromatic N) is 2. The summed E-state index contributed by atoms with van der Waals surface area (Å²) in [5.41, 5.74) is 5.09. The molecule has 0 aromatic heterocycles. The average Bonchev–Trinajstić information content (AvgIpc) is 2.68. The van der Waals surface area contributed by atoms with Crippen molar-refractivity contribution in [2.75, 3.05) is 50.2 Å². The Balaban J connectivity index is 1.79. The second-order valence-electron chi connectivity index (χ2n) is 6.72. The number of rotatable bonds is 3. The first-order valence-electron chi connectivity index (χ1n) is 8.86. The third-order valence-electron chi connectivity index (χ3n) is 4.92. The number of ether oxygens (including phenoxy) is 1. The summed E-state index contributed by atoms with van der Waals surface area (Å²) < 4.78 is 5.46. The summed E-state index contributed by atoms with van der Waals surface area (Å²) in [4.78, 5) is 4.58. The van der Waals surface area contributed by atoms with Gasteiger partial charge in [0.2, 0.25) is 0 Å². The molecule has 3 heteroatoms. The van der Waals surface area contributed by atoms with Crippen molar-refractivity contribution in [3.8, 4) is 11.1 Å². The maximum Gasteiger partial charge on any atom is 0.0642 e. The van der Waals surface area contributed by atoms with Crippen LogP contribution in [0.1, 0.15) is 0 Å². The Morgan fingerprint density at radius 3 is 2.28 bits per heavy atom. The molecular weight excluding hydrogens is 308 g/mol. The molecule has 0 saturated carbocycles. The van der Waals surface area contributed by atoms with E-state index in [1.165, 1.54) is 33.3 Å². The Hall–Kier alpha value is -2.52. The summed E-state index contributed by atoms with van der Waals surface area (Å²) in [5.74, 6) is 0. The molecule has 1 aliphatic heterocycles. The van der Waals surface area contributed by atoms with E-state index in [-0.39, 0.29) is 0 Å². The van der Waals surface area contributed by atoms with Gasteiger partial charge >= 0.3 is 0 Å². The molecule has 3 aromatic carbocycles. The number of benzene rings is 3. The van der Waals surface area contributed by atoms with Gasteiger partial charge in [-0.05, 0) is 34.5 Å². The van der Waals surface area contributed by atoms with E-state index in [0.717, 1.165) is 26.3 Å². The quantitative estimate of drug-likeness (QED) is 0.706. The Morgan fingerprint density at radius 2 is 1.56 bits per heavy atom. The van der Waals surface area contributed by atoms with Crippen LogP contribution in [0.25, 0.3) is 21.9 Å². The number of hydrogen-bond donors (Lipinski definition) is 0. The highest BCUT2D eigenvalue weighted by molar-refractivity contribution is 6.03. The highest BCUT2D eigenvalue weighted by Gasteiger charge is 2.14. The van der Waals surface area contributed by atoms with Gasteiger partial charge in [0, 0.05) is 44.1 Å². The Kier molecular flexibility index (Phi) is 4.33. The van der Waals surface area contributed by atoms with Crippen molar-refractivity contribution in [2.24, 2.45) is 0 Å². The lowest BCUT2D eigenvalue weighted by Gasteiger charge is -2.29. The molecular formula is C22H24N2O. The lowest BCUT2D eigenvalue weighted by molar-refractivity contribution is 0.122. The smallest absolute Gasteiger partial charge is 0.0642 e. The van der Waals surface area contributed by atoms with Crippen molar-refractivity contribution in [1.29, 1.82) is 0 Å². The minimum atomic E-state index is 0.815. The molecule has 0 radical (unpaired) electrons. The van der Waals surface area contributed by atoms with Crippen LogP contribution in [0, 0.1) is 0 Å². The number of fused-ring (bicyclic) bond motifs is 1. The Morgan fingerprint density at radius 1 is 0.840 bits per heavy atom. The van der Waals surface area contributed by atoms with Gasteiger partial charge in [0.15, 0.2) is 0 Å². The standard InChI is InChI=1S/C22H24N2O/c1-23(2)21-12-9-17-5-3-4-6-20(17)22(21)18-7-10-19(11-8-18)24-13-15-25-16-14-24/h3-12H,13-16H2,1-2H3. The van der Waals surface area contributed by atoms with Crippen molar-refractivity contribution in [1.82, 2.24) is 0 Å². The van der Waals surface area contributed by atoms with Gasteiger partial charge < -0.3 is 14.5 Å². The van der Waals surface area contributed by atoms with E-state index in [1.807, 2.05) is 0 Å². The first-order valence-corrected chi connectivity index (χ1v) is 8.86. The van der Waals surface area contributed by atoms with Gasteiger partial charge in [-0.1, -0.05) is 42.5 Å². The van der Waals surface area contributed by atoms with Gasteiger partial charge in [-0.25, -0.2) is 0 Å². The molecule has 0 atom stereocenters. The Labute approximate surface area is 149 Å². The summed E-state index contributed by atoms with van der Waals surface area (Å²) in [6.45, 7) is 3.57. The van der Waals surface area contributed by atoms with E-state index >= 15 is 0 Å². The van der Waals surface area contributed by atoms with Crippen LogP contribution in [0.4, 0.5) is 11.4 Å². The lowest BCUT2D eigenvalue weighted by atomic mass is 9.95.